The summed E-state index contributed by atoms with van der Waals surface area (Å²) in [4.78, 5) is 13.9. The largest absolute Gasteiger partial charge is 0.501 e. The Kier molecular flexibility index (Phi) is 16.9. The molecule has 0 saturated heterocycles. The lowest BCUT2D eigenvalue weighted by Gasteiger charge is -2.35. The zero-order chi connectivity index (χ0) is 28.1. The van der Waals surface area contributed by atoms with Gasteiger partial charge in [-0.25, -0.2) is 4.79 Å². The van der Waals surface area contributed by atoms with Crippen molar-refractivity contribution in [1.82, 2.24) is 4.90 Å². The molecule has 0 unspecified atom stereocenters. The Hall–Kier alpha value is -0.536. The standard InChI is InChI=1S/C25H56N2O7Si2/c1-19(2)29-35(30-20(3)4,31-21(5)6)17-13-15-27(25(26)28)16-14-18-36(32-22(7)8,33-23(9)10)34-24(11)12/h19-24H,13-18H2,1-12H3,(H2,26,28). The van der Waals surface area contributed by atoms with Gasteiger partial charge in [-0.1, -0.05) is 0 Å². The van der Waals surface area contributed by atoms with Crippen LogP contribution in [0.25, 0.3) is 0 Å². The number of primary amides is 1. The number of hydrogen-bond donors (Lipinski definition) is 1. The van der Waals surface area contributed by atoms with E-state index >= 15 is 0 Å². The van der Waals surface area contributed by atoms with Gasteiger partial charge in [0.2, 0.25) is 0 Å². The number of carbonyl (C=O) groups excluding carboxylic acids is 1. The number of nitrogens with zero attached hydrogens (tertiary/aromatic N) is 1. The van der Waals surface area contributed by atoms with Crippen molar-refractivity contribution in [2.24, 2.45) is 5.73 Å². The first-order valence-corrected chi connectivity index (χ1v) is 17.5. The molecular weight excluding hydrogens is 496 g/mol. The fourth-order valence-corrected chi connectivity index (χ4v) is 10.5. The Morgan fingerprint density at radius 1 is 0.556 bits per heavy atom. The molecule has 0 saturated carbocycles. The van der Waals surface area contributed by atoms with E-state index in [4.69, 9.17) is 32.3 Å². The van der Waals surface area contributed by atoms with Gasteiger partial charge in [-0.15, -0.1) is 0 Å². The fourth-order valence-electron chi connectivity index (χ4n) is 3.98. The first kappa shape index (κ1) is 35.5. The first-order chi connectivity index (χ1) is 16.5. The summed E-state index contributed by atoms with van der Waals surface area (Å²) >= 11 is 0. The van der Waals surface area contributed by atoms with Crippen LogP contribution in [0, 0.1) is 0 Å². The number of rotatable bonds is 20. The monoisotopic (exact) mass is 552 g/mol. The summed E-state index contributed by atoms with van der Waals surface area (Å²) in [5, 5.41) is 0. The van der Waals surface area contributed by atoms with E-state index in [1.54, 1.807) is 4.90 Å². The van der Waals surface area contributed by atoms with Gasteiger partial charge in [0.05, 0.1) is 0 Å². The summed E-state index contributed by atoms with van der Waals surface area (Å²) in [5.41, 5.74) is 5.74. The summed E-state index contributed by atoms with van der Waals surface area (Å²) in [7, 11) is -5.87. The van der Waals surface area contributed by atoms with Crippen LogP contribution in [0.1, 0.15) is 95.9 Å². The van der Waals surface area contributed by atoms with Crippen LogP contribution in [0.4, 0.5) is 4.79 Å². The maximum absolute atomic E-state index is 12.3. The highest BCUT2D eigenvalue weighted by molar-refractivity contribution is 6.61. The lowest BCUT2D eigenvalue weighted by Crippen LogP contribution is -2.51. The molecule has 0 aromatic rings. The van der Waals surface area contributed by atoms with Crippen molar-refractivity contribution < 1.29 is 31.4 Å². The van der Waals surface area contributed by atoms with Gasteiger partial charge < -0.3 is 37.2 Å². The average Bonchev–Trinajstić information content (AvgIpc) is 2.62. The minimum Gasteiger partial charge on any atom is -0.371 e. The molecule has 0 aromatic carbocycles. The number of urea groups is 1. The molecule has 0 fully saturated rings. The van der Waals surface area contributed by atoms with Gasteiger partial charge in [-0.2, -0.15) is 0 Å². The topological polar surface area (TPSA) is 102 Å². The molecule has 0 aliphatic heterocycles. The Balaban J connectivity index is 5.36. The second-order valence-corrected chi connectivity index (χ2v) is 16.0. The number of amides is 2. The maximum atomic E-state index is 12.3. The summed E-state index contributed by atoms with van der Waals surface area (Å²) in [6, 6.07) is 0.758. The van der Waals surface area contributed by atoms with Gasteiger partial charge in [0.1, 0.15) is 0 Å². The van der Waals surface area contributed by atoms with Gasteiger partial charge >= 0.3 is 23.6 Å². The highest BCUT2D eigenvalue weighted by Crippen LogP contribution is 2.26. The molecule has 11 heteroatoms. The first-order valence-electron chi connectivity index (χ1n) is 13.6. The smallest absolute Gasteiger partial charge is 0.371 e. The molecule has 0 aromatic heterocycles. The molecule has 216 valence electrons. The number of nitrogens with two attached hydrogens (primary N) is 1. The minimum atomic E-state index is -2.93. The van der Waals surface area contributed by atoms with E-state index in [2.05, 4.69) is 0 Å². The van der Waals surface area contributed by atoms with Crippen LogP contribution in [-0.2, 0) is 26.6 Å². The van der Waals surface area contributed by atoms with Crippen LogP contribution >= 0.6 is 0 Å². The van der Waals surface area contributed by atoms with Crippen molar-refractivity contribution in [2.45, 2.75) is 145 Å². The summed E-state index contributed by atoms with van der Waals surface area (Å²) in [6.45, 7) is 24.8. The van der Waals surface area contributed by atoms with Crippen LogP contribution in [0.3, 0.4) is 0 Å². The molecule has 2 N–H and O–H groups in total. The lowest BCUT2D eigenvalue weighted by molar-refractivity contribution is 0.00207. The van der Waals surface area contributed by atoms with E-state index in [0.29, 0.717) is 38.0 Å². The molecule has 0 bridgehead atoms. The van der Waals surface area contributed by atoms with Crippen LogP contribution in [-0.4, -0.2) is 78.3 Å². The molecule has 0 heterocycles. The van der Waals surface area contributed by atoms with Crippen molar-refractivity contribution in [3.63, 3.8) is 0 Å². The van der Waals surface area contributed by atoms with Crippen LogP contribution in [0.5, 0.6) is 0 Å². The molecule has 36 heavy (non-hydrogen) atoms. The zero-order valence-electron chi connectivity index (χ0n) is 25.1. The molecule has 2 amide bonds. The average molecular weight is 553 g/mol. The second-order valence-electron chi connectivity index (χ2n) is 10.9. The third-order valence-electron chi connectivity index (χ3n) is 4.63. The quantitative estimate of drug-likeness (QED) is 0.197. The lowest BCUT2D eigenvalue weighted by atomic mass is 10.4. The van der Waals surface area contributed by atoms with E-state index in [1.807, 2.05) is 83.1 Å². The highest BCUT2D eigenvalue weighted by Gasteiger charge is 2.45. The van der Waals surface area contributed by atoms with E-state index in [9.17, 15) is 4.79 Å². The van der Waals surface area contributed by atoms with Crippen LogP contribution in [0.15, 0.2) is 0 Å². The molecule has 0 atom stereocenters. The highest BCUT2D eigenvalue weighted by atomic mass is 28.4. The van der Waals surface area contributed by atoms with Gasteiger partial charge in [-0.3, -0.25) is 0 Å². The Bertz CT molecular complexity index is 508. The van der Waals surface area contributed by atoms with Crippen molar-refractivity contribution in [3.05, 3.63) is 0 Å². The molecule has 0 radical (unpaired) electrons. The maximum Gasteiger partial charge on any atom is 0.501 e. The van der Waals surface area contributed by atoms with Gasteiger partial charge in [0.25, 0.3) is 0 Å². The van der Waals surface area contributed by atoms with Gasteiger partial charge in [-0.05, 0) is 95.9 Å². The Morgan fingerprint density at radius 3 is 0.944 bits per heavy atom. The van der Waals surface area contributed by atoms with Gasteiger partial charge in [0, 0.05) is 61.8 Å². The second kappa shape index (κ2) is 17.1. The summed E-state index contributed by atoms with van der Waals surface area (Å²) in [5.74, 6) is 0. The van der Waals surface area contributed by atoms with Crippen molar-refractivity contribution in [1.29, 1.82) is 0 Å². The SMILES string of the molecule is CC(C)O[Si](CCCN(CCC[Si](OC(C)C)(OC(C)C)OC(C)C)C(N)=O)(OC(C)C)OC(C)C. The predicted molar refractivity (Wildman–Crippen MR) is 149 cm³/mol. The Labute approximate surface area is 223 Å². The minimum absolute atomic E-state index is 0.0256. The molecule has 0 rings (SSSR count). The molecular formula is C25H56N2O7Si2. The zero-order valence-corrected chi connectivity index (χ0v) is 27.1. The van der Waals surface area contributed by atoms with Gasteiger partial charge in [0.15, 0.2) is 0 Å². The van der Waals surface area contributed by atoms with E-state index in [-0.39, 0.29) is 36.6 Å². The summed E-state index contributed by atoms with van der Waals surface area (Å²) in [6.07, 6.45) is 1.17. The number of hydrogen-bond acceptors (Lipinski definition) is 7. The van der Waals surface area contributed by atoms with E-state index in [1.165, 1.54) is 0 Å². The fraction of sp³-hybridized carbons (Fsp3) is 0.960. The summed E-state index contributed by atoms with van der Waals surface area (Å²) < 4.78 is 37.5. The molecule has 0 aliphatic rings. The molecule has 0 aliphatic carbocycles. The van der Waals surface area contributed by atoms with Crippen molar-refractivity contribution in [3.8, 4) is 0 Å². The van der Waals surface area contributed by atoms with Crippen LogP contribution in [0.2, 0.25) is 12.1 Å². The normalized spacial score (nSPS) is 13.3. The molecule has 0 spiro atoms. The van der Waals surface area contributed by atoms with Crippen LogP contribution < -0.4 is 5.73 Å². The van der Waals surface area contributed by atoms with E-state index < -0.39 is 23.6 Å². The van der Waals surface area contributed by atoms with E-state index in [0.717, 1.165) is 0 Å². The third kappa shape index (κ3) is 15.7. The third-order valence-corrected chi connectivity index (χ3v) is 11.5. The Morgan fingerprint density at radius 2 is 0.778 bits per heavy atom. The van der Waals surface area contributed by atoms with Crippen molar-refractivity contribution >= 4 is 23.6 Å². The number of carbonyl (C=O) groups is 1. The molecule has 9 nitrogen and oxygen atoms in total. The van der Waals surface area contributed by atoms with Crippen molar-refractivity contribution in [2.75, 3.05) is 13.1 Å². The predicted octanol–water partition coefficient (Wildman–Crippen LogP) is 5.58.